The number of piperazine rings is 1. The van der Waals surface area contributed by atoms with Gasteiger partial charge in [0.05, 0.1) is 16.8 Å². The molecule has 6 rings (SSSR count). The minimum Gasteiger partial charge on any atom is -0.368 e. The van der Waals surface area contributed by atoms with E-state index in [4.69, 9.17) is 0 Å². The molecule has 4 fully saturated rings. The van der Waals surface area contributed by atoms with Crippen LogP contribution in [0, 0.1) is 0 Å². The maximum atomic E-state index is 13.1. The van der Waals surface area contributed by atoms with Crippen molar-refractivity contribution in [2.75, 3.05) is 18.0 Å². The molecule has 5 aliphatic rings. The van der Waals surface area contributed by atoms with Gasteiger partial charge in [0.15, 0.2) is 0 Å². The summed E-state index contributed by atoms with van der Waals surface area (Å²) in [5.41, 5.74) is 1.47. The molecule has 8 nitrogen and oxygen atoms in total. The Bertz CT molecular complexity index is 851. The number of hydrogen-bond donors (Lipinski definition) is 2. The largest absolute Gasteiger partial charge is 0.368 e. The highest BCUT2D eigenvalue weighted by atomic mass is 16.2. The first-order chi connectivity index (χ1) is 12.5. The van der Waals surface area contributed by atoms with Crippen molar-refractivity contribution in [2.45, 2.75) is 37.4 Å². The van der Waals surface area contributed by atoms with Gasteiger partial charge >= 0.3 is 0 Å². The van der Waals surface area contributed by atoms with E-state index >= 15 is 0 Å². The number of rotatable bonds is 2. The van der Waals surface area contributed by atoms with Crippen molar-refractivity contribution in [2.24, 2.45) is 0 Å². The van der Waals surface area contributed by atoms with Crippen LogP contribution in [0.4, 0.5) is 5.69 Å². The van der Waals surface area contributed by atoms with E-state index in [9.17, 15) is 19.2 Å². The lowest BCUT2D eigenvalue weighted by atomic mass is 9.90. The highest BCUT2D eigenvalue weighted by molar-refractivity contribution is 6.25. The van der Waals surface area contributed by atoms with Crippen LogP contribution in [-0.4, -0.2) is 59.7 Å². The van der Waals surface area contributed by atoms with E-state index in [-0.39, 0.29) is 18.7 Å². The van der Waals surface area contributed by atoms with Crippen LogP contribution in [-0.2, 0) is 9.59 Å². The molecular weight excluding hydrogens is 336 g/mol. The molecule has 134 valence electrons. The molecule has 26 heavy (non-hydrogen) atoms. The second-order valence-electron chi connectivity index (χ2n) is 7.35. The third kappa shape index (κ3) is 2.11. The van der Waals surface area contributed by atoms with Crippen molar-refractivity contribution in [1.82, 2.24) is 15.5 Å². The molecule has 5 heterocycles. The standard InChI is InChI=1S/C18H18N4O4/c23-14-5-4-13(16(24)20-14)22-17(25)11-2-1-3-12(15(11)18(22)26)21-7-9-6-10(8-21)19-9/h1-3,9-10,13,19H,4-8H2,(H,20,23,24). The number of carbonyl (C=O) groups is 4. The highest BCUT2D eigenvalue weighted by Gasteiger charge is 2.47. The number of imide groups is 2. The molecule has 0 aliphatic carbocycles. The molecule has 4 amide bonds. The van der Waals surface area contributed by atoms with E-state index in [1.165, 1.54) is 0 Å². The van der Waals surface area contributed by atoms with Gasteiger partial charge in [0.2, 0.25) is 11.8 Å². The van der Waals surface area contributed by atoms with Crippen molar-refractivity contribution in [1.29, 1.82) is 0 Å². The Morgan fingerprint density at radius 3 is 2.42 bits per heavy atom. The van der Waals surface area contributed by atoms with Gasteiger partial charge in [0, 0.05) is 31.6 Å². The summed E-state index contributed by atoms with van der Waals surface area (Å²) in [5, 5.41) is 5.67. The third-order valence-corrected chi connectivity index (χ3v) is 5.71. The first-order valence-electron chi connectivity index (χ1n) is 8.88. The van der Waals surface area contributed by atoms with Gasteiger partial charge in [0.1, 0.15) is 6.04 Å². The fourth-order valence-corrected chi connectivity index (χ4v) is 4.47. The molecule has 3 atom stereocenters. The smallest absolute Gasteiger partial charge is 0.264 e. The molecule has 2 bridgehead atoms. The van der Waals surface area contributed by atoms with Gasteiger partial charge < -0.3 is 10.2 Å². The highest BCUT2D eigenvalue weighted by Crippen LogP contribution is 2.36. The number of amides is 4. The molecular formula is C18H18N4O4. The number of benzene rings is 1. The lowest BCUT2D eigenvalue weighted by Crippen LogP contribution is -2.67. The van der Waals surface area contributed by atoms with Gasteiger partial charge in [-0.2, -0.15) is 0 Å². The minimum absolute atomic E-state index is 0.123. The zero-order valence-corrected chi connectivity index (χ0v) is 14.0. The van der Waals surface area contributed by atoms with E-state index in [1.54, 1.807) is 12.1 Å². The van der Waals surface area contributed by atoms with Gasteiger partial charge in [-0.1, -0.05) is 6.07 Å². The second kappa shape index (κ2) is 5.38. The van der Waals surface area contributed by atoms with Crippen LogP contribution < -0.4 is 15.5 Å². The maximum absolute atomic E-state index is 13.1. The van der Waals surface area contributed by atoms with Crippen LogP contribution in [0.2, 0.25) is 0 Å². The Balaban J connectivity index is 1.50. The normalized spacial score (nSPS) is 30.2. The average molecular weight is 354 g/mol. The van der Waals surface area contributed by atoms with Crippen LogP contribution >= 0.6 is 0 Å². The summed E-state index contributed by atoms with van der Waals surface area (Å²) < 4.78 is 0. The summed E-state index contributed by atoms with van der Waals surface area (Å²) in [7, 11) is 0. The summed E-state index contributed by atoms with van der Waals surface area (Å²) in [6.45, 7) is 1.60. The van der Waals surface area contributed by atoms with Gasteiger partial charge in [-0.15, -0.1) is 0 Å². The first-order valence-corrected chi connectivity index (χ1v) is 8.88. The molecule has 1 aromatic carbocycles. The monoisotopic (exact) mass is 354 g/mol. The maximum Gasteiger partial charge on any atom is 0.264 e. The molecule has 0 aromatic heterocycles. The Kier molecular flexibility index (Phi) is 3.21. The van der Waals surface area contributed by atoms with Gasteiger partial charge in [-0.3, -0.25) is 29.4 Å². The molecule has 2 N–H and O–H groups in total. The van der Waals surface area contributed by atoms with Gasteiger partial charge in [0.25, 0.3) is 11.8 Å². The van der Waals surface area contributed by atoms with Crippen molar-refractivity contribution >= 4 is 29.3 Å². The molecule has 5 aliphatic heterocycles. The Hall–Kier alpha value is -2.74. The molecule has 0 spiro atoms. The minimum atomic E-state index is -0.927. The number of nitrogens with zero attached hydrogens (tertiary/aromatic N) is 2. The number of anilines is 1. The molecule has 3 unspecified atom stereocenters. The topological polar surface area (TPSA) is 98.8 Å². The fourth-order valence-electron chi connectivity index (χ4n) is 4.47. The zero-order valence-electron chi connectivity index (χ0n) is 14.0. The SMILES string of the molecule is O=C1CCC(N2C(=O)c3cccc(N4CC5CC(C4)N5)c3C2=O)C(=O)N1. The van der Waals surface area contributed by atoms with E-state index in [1.807, 2.05) is 6.07 Å². The number of fused-ring (bicyclic) bond motifs is 3. The van der Waals surface area contributed by atoms with Crippen molar-refractivity contribution < 1.29 is 19.2 Å². The molecule has 4 saturated heterocycles. The summed E-state index contributed by atoms with van der Waals surface area (Å²) >= 11 is 0. The number of nitrogens with one attached hydrogen (secondary N) is 2. The van der Waals surface area contributed by atoms with Crippen molar-refractivity contribution in [3.8, 4) is 0 Å². The molecule has 0 radical (unpaired) electrons. The van der Waals surface area contributed by atoms with Gasteiger partial charge in [-0.25, -0.2) is 0 Å². The van der Waals surface area contributed by atoms with Gasteiger partial charge in [-0.05, 0) is 25.0 Å². The second-order valence-corrected chi connectivity index (χ2v) is 7.35. The Morgan fingerprint density at radius 2 is 1.73 bits per heavy atom. The van der Waals surface area contributed by atoms with E-state index in [0.717, 1.165) is 30.1 Å². The quantitative estimate of drug-likeness (QED) is 0.704. The Labute approximate surface area is 149 Å². The number of piperidine rings is 2. The van der Waals surface area contributed by atoms with Crippen LogP contribution in [0.3, 0.4) is 0 Å². The lowest BCUT2D eigenvalue weighted by Gasteiger charge is -2.49. The number of carbonyl (C=O) groups excluding carboxylic acids is 4. The first kappa shape index (κ1) is 15.5. The zero-order chi connectivity index (χ0) is 18.0. The van der Waals surface area contributed by atoms with Crippen LogP contribution in [0.25, 0.3) is 0 Å². The predicted molar refractivity (Wildman–Crippen MR) is 90.7 cm³/mol. The third-order valence-electron chi connectivity index (χ3n) is 5.71. The summed E-state index contributed by atoms with van der Waals surface area (Å²) in [6.07, 6.45) is 1.43. The number of hydrogen-bond acceptors (Lipinski definition) is 6. The van der Waals surface area contributed by atoms with Crippen LogP contribution in [0.15, 0.2) is 18.2 Å². The fraction of sp³-hybridized carbons (Fsp3) is 0.444. The Morgan fingerprint density at radius 1 is 1.00 bits per heavy atom. The molecule has 0 saturated carbocycles. The van der Waals surface area contributed by atoms with E-state index in [0.29, 0.717) is 23.2 Å². The van der Waals surface area contributed by atoms with E-state index in [2.05, 4.69) is 15.5 Å². The summed E-state index contributed by atoms with van der Waals surface area (Å²) in [5.74, 6) is -1.85. The molecule has 8 heteroatoms. The predicted octanol–water partition coefficient (Wildman–Crippen LogP) is -0.362. The van der Waals surface area contributed by atoms with Crippen molar-refractivity contribution in [3.05, 3.63) is 29.3 Å². The summed E-state index contributed by atoms with van der Waals surface area (Å²) in [6, 6.07) is 5.19. The van der Waals surface area contributed by atoms with E-state index < -0.39 is 23.8 Å². The van der Waals surface area contributed by atoms with Crippen LogP contribution in [0.1, 0.15) is 40.0 Å². The summed E-state index contributed by atoms with van der Waals surface area (Å²) in [4.78, 5) is 52.7. The lowest BCUT2D eigenvalue weighted by molar-refractivity contribution is -0.136. The van der Waals surface area contributed by atoms with Crippen molar-refractivity contribution in [3.63, 3.8) is 0 Å². The molecule has 1 aromatic rings. The van der Waals surface area contributed by atoms with Crippen LogP contribution in [0.5, 0.6) is 0 Å². The average Bonchev–Trinajstić information content (AvgIpc) is 2.86.